The molecule has 0 radical (unpaired) electrons. The van der Waals surface area contributed by atoms with Crippen molar-refractivity contribution in [1.82, 2.24) is 25.6 Å². The first-order chi connectivity index (χ1) is 11.4. The SMILES string of the molecule is O=C(NC1CCC(NCC(F)(F)F)CC1)c1ncnc2cc[nH]c12. The number of halogens is 3. The summed E-state index contributed by atoms with van der Waals surface area (Å²) in [6.07, 6.45) is 1.31. The molecule has 24 heavy (non-hydrogen) atoms. The molecule has 1 amide bonds. The molecular weight excluding hydrogens is 323 g/mol. The summed E-state index contributed by atoms with van der Waals surface area (Å²) in [5.74, 6) is -0.295. The Labute approximate surface area is 136 Å². The quantitative estimate of drug-likeness (QED) is 0.796. The Morgan fingerprint density at radius 2 is 1.92 bits per heavy atom. The van der Waals surface area contributed by atoms with Gasteiger partial charge in [-0.05, 0) is 31.7 Å². The molecule has 2 heterocycles. The number of carbonyl (C=O) groups excluding carboxylic acids is 1. The third-order valence-corrected chi connectivity index (χ3v) is 4.21. The van der Waals surface area contributed by atoms with Crippen molar-refractivity contribution in [2.24, 2.45) is 0 Å². The van der Waals surface area contributed by atoms with E-state index in [2.05, 4.69) is 25.6 Å². The number of fused-ring (bicyclic) bond motifs is 1. The number of nitrogens with one attached hydrogen (secondary N) is 3. The Kier molecular flexibility index (Phi) is 4.70. The monoisotopic (exact) mass is 341 g/mol. The van der Waals surface area contributed by atoms with Crippen LogP contribution in [0.3, 0.4) is 0 Å². The zero-order valence-corrected chi connectivity index (χ0v) is 12.9. The second kappa shape index (κ2) is 6.76. The standard InChI is InChI=1S/C15H18F3N5O/c16-15(17,18)7-20-9-1-3-10(4-2-9)23-14(24)13-12-11(5-6-19-12)21-8-22-13/h5-6,8-10,19-20H,1-4,7H2,(H,23,24). The summed E-state index contributed by atoms with van der Waals surface area (Å²) in [6.45, 7) is -0.972. The van der Waals surface area contributed by atoms with Gasteiger partial charge < -0.3 is 15.6 Å². The molecule has 3 N–H and O–H groups in total. The highest BCUT2D eigenvalue weighted by Crippen LogP contribution is 2.21. The first-order valence-corrected chi connectivity index (χ1v) is 7.81. The number of alkyl halides is 3. The molecule has 0 aromatic carbocycles. The summed E-state index contributed by atoms with van der Waals surface area (Å²) in [4.78, 5) is 23.4. The van der Waals surface area contributed by atoms with Crippen molar-refractivity contribution in [3.8, 4) is 0 Å². The summed E-state index contributed by atoms with van der Waals surface area (Å²) in [5, 5.41) is 5.44. The molecule has 0 unspecified atom stereocenters. The minimum absolute atomic E-state index is 0.0542. The van der Waals surface area contributed by atoms with Gasteiger partial charge >= 0.3 is 6.18 Å². The second-order valence-corrected chi connectivity index (χ2v) is 5.98. The molecule has 0 atom stereocenters. The molecular formula is C15H18F3N5O. The topological polar surface area (TPSA) is 82.7 Å². The van der Waals surface area contributed by atoms with E-state index in [1.165, 1.54) is 6.33 Å². The van der Waals surface area contributed by atoms with Crippen LogP contribution in [0.25, 0.3) is 11.0 Å². The first-order valence-electron chi connectivity index (χ1n) is 7.81. The Bertz CT molecular complexity index is 706. The van der Waals surface area contributed by atoms with Gasteiger partial charge in [-0.2, -0.15) is 13.2 Å². The molecule has 130 valence electrons. The van der Waals surface area contributed by atoms with Crippen LogP contribution in [0.1, 0.15) is 36.2 Å². The van der Waals surface area contributed by atoms with E-state index in [1.54, 1.807) is 12.3 Å². The molecule has 1 fully saturated rings. The minimum atomic E-state index is -4.19. The van der Waals surface area contributed by atoms with E-state index in [0.717, 1.165) is 0 Å². The fraction of sp³-hybridized carbons (Fsp3) is 0.533. The first kappa shape index (κ1) is 16.7. The Morgan fingerprint density at radius 1 is 1.21 bits per heavy atom. The molecule has 0 saturated heterocycles. The summed E-state index contributed by atoms with van der Waals surface area (Å²) in [5.41, 5.74) is 1.52. The zero-order chi connectivity index (χ0) is 17.2. The number of amides is 1. The third kappa shape index (κ3) is 4.02. The average molecular weight is 341 g/mol. The van der Waals surface area contributed by atoms with Gasteiger partial charge in [0, 0.05) is 18.3 Å². The maximum atomic E-state index is 12.4. The summed E-state index contributed by atoms with van der Waals surface area (Å²) < 4.78 is 36.6. The van der Waals surface area contributed by atoms with Crippen LogP contribution in [0.2, 0.25) is 0 Å². The van der Waals surface area contributed by atoms with Crippen LogP contribution >= 0.6 is 0 Å². The van der Waals surface area contributed by atoms with E-state index in [1.807, 2.05) is 0 Å². The van der Waals surface area contributed by atoms with Gasteiger partial charge in [0.05, 0.1) is 17.6 Å². The highest BCUT2D eigenvalue weighted by molar-refractivity contribution is 6.02. The summed E-state index contributed by atoms with van der Waals surface area (Å²) in [7, 11) is 0. The molecule has 0 aliphatic heterocycles. The Morgan fingerprint density at radius 3 is 2.62 bits per heavy atom. The van der Waals surface area contributed by atoms with Crippen LogP contribution in [0.4, 0.5) is 13.2 Å². The van der Waals surface area contributed by atoms with Crippen molar-refractivity contribution in [2.75, 3.05) is 6.54 Å². The lowest BCUT2D eigenvalue weighted by molar-refractivity contribution is -0.126. The van der Waals surface area contributed by atoms with E-state index >= 15 is 0 Å². The largest absolute Gasteiger partial charge is 0.401 e. The van der Waals surface area contributed by atoms with Crippen LogP contribution in [0, 0.1) is 0 Å². The van der Waals surface area contributed by atoms with E-state index in [0.29, 0.717) is 36.7 Å². The molecule has 1 aliphatic carbocycles. The van der Waals surface area contributed by atoms with Crippen molar-refractivity contribution >= 4 is 16.9 Å². The lowest BCUT2D eigenvalue weighted by Crippen LogP contribution is -2.44. The number of hydrogen-bond donors (Lipinski definition) is 3. The molecule has 0 bridgehead atoms. The van der Waals surface area contributed by atoms with Crippen LogP contribution in [-0.4, -0.2) is 45.7 Å². The van der Waals surface area contributed by atoms with E-state index in [4.69, 9.17) is 0 Å². The molecule has 9 heteroatoms. The predicted molar refractivity (Wildman–Crippen MR) is 81.5 cm³/mol. The van der Waals surface area contributed by atoms with Crippen LogP contribution in [-0.2, 0) is 0 Å². The van der Waals surface area contributed by atoms with Gasteiger partial charge in [-0.3, -0.25) is 4.79 Å². The fourth-order valence-corrected chi connectivity index (χ4v) is 3.00. The van der Waals surface area contributed by atoms with Gasteiger partial charge in [0.1, 0.15) is 6.33 Å². The molecule has 1 saturated carbocycles. The van der Waals surface area contributed by atoms with Gasteiger partial charge in [-0.1, -0.05) is 0 Å². The number of aromatic amines is 1. The smallest absolute Gasteiger partial charge is 0.358 e. The zero-order valence-electron chi connectivity index (χ0n) is 12.9. The maximum absolute atomic E-state index is 12.4. The minimum Gasteiger partial charge on any atom is -0.358 e. The summed E-state index contributed by atoms with van der Waals surface area (Å²) in [6, 6.07) is 1.54. The number of H-pyrrole nitrogens is 1. The van der Waals surface area contributed by atoms with Gasteiger partial charge in [0.25, 0.3) is 5.91 Å². The van der Waals surface area contributed by atoms with Crippen LogP contribution in [0.5, 0.6) is 0 Å². The summed E-state index contributed by atoms with van der Waals surface area (Å²) >= 11 is 0. The molecule has 3 rings (SSSR count). The van der Waals surface area contributed by atoms with Crippen molar-refractivity contribution < 1.29 is 18.0 Å². The normalized spacial score (nSPS) is 21.8. The van der Waals surface area contributed by atoms with Gasteiger partial charge in [0.2, 0.25) is 0 Å². The molecule has 1 aliphatic rings. The van der Waals surface area contributed by atoms with Crippen LogP contribution < -0.4 is 10.6 Å². The number of rotatable bonds is 4. The number of aromatic nitrogens is 3. The third-order valence-electron chi connectivity index (χ3n) is 4.21. The number of carbonyl (C=O) groups is 1. The van der Waals surface area contributed by atoms with Crippen LogP contribution in [0.15, 0.2) is 18.6 Å². The van der Waals surface area contributed by atoms with E-state index < -0.39 is 12.7 Å². The van der Waals surface area contributed by atoms with Gasteiger partial charge in [-0.15, -0.1) is 0 Å². The molecule has 2 aromatic heterocycles. The highest BCUT2D eigenvalue weighted by Gasteiger charge is 2.30. The lowest BCUT2D eigenvalue weighted by atomic mass is 9.91. The van der Waals surface area contributed by atoms with E-state index in [9.17, 15) is 18.0 Å². The van der Waals surface area contributed by atoms with Crippen molar-refractivity contribution in [3.63, 3.8) is 0 Å². The van der Waals surface area contributed by atoms with Crippen molar-refractivity contribution in [3.05, 3.63) is 24.3 Å². The average Bonchev–Trinajstić information content (AvgIpc) is 3.02. The fourth-order valence-electron chi connectivity index (χ4n) is 3.00. The molecule has 2 aromatic rings. The number of nitrogens with zero attached hydrogens (tertiary/aromatic N) is 2. The van der Waals surface area contributed by atoms with Gasteiger partial charge in [-0.25, -0.2) is 9.97 Å². The van der Waals surface area contributed by atoms with Gasteiger partial charge in [0.15, 0.2) is 5.69 Å². The second-order valence-electron chi connectivity index (χ2n) is 5.98. The van der Waals surface area contributed by atoms with Crippen molar-refractivity contribution in [1.29, 1.82) is 0 Å². The maximum Gasteiger partial charge on any atom is 0.401 e. The lowest BCUT2D eigenvalue weighted by Gasteiger charge is -2.30. The highest BCUT2D eigenvalue weighted by atomic mass is 19.4. The molecule has 6 nitrogen and oxygen atoms in total. The molecule has 0 spiro atoms. The predicted octanol–water partition coefficient (Wildman–Crippen LogP) is 2.15. The Balaban J connectivity index is 1.53. The number of hydrogen-bond acceptors (Lipinski definition) is 4. The Hall–Kier alpha value is -2.16. The van der Waals surface area contributed by atoms with E-state index in [-0.39, 0.29) is 23.7 Å². The van der Waals surface area contributed by atoms with Crippen molar-refractivity contribution in [2.45, 2.75) is 43.9 Å².